The van der Waals surface area contributed by atoms with Gasteiger partial charge < -0.3 is 25.3 Å². The monoisotopic (exact) mass is 571 g/mol. The highest BCUT2D eigenvalue weighted by Crippen LogP contribution is 2.21. The number of carbonyl (C=O) groups is 3. The molecule has 5 rings (SSSR count). The summed E-state index contributed by atoms with van der Waals surface area (Å²) in [4.78, 5) is 44.6. The van der Waals surface area contributed by atoms with Gasteiger partial charge in [0.05, 0.1) is 10.6 Å². The van der Waals surface area contributed by atoms with Crippen LogP contribution in [0.1, 0.15) is 15.2 Å². The van der Waals surface area contributed by atoms with Crippen molar-refractivity contribution in [1.82, 2.24) is 9.80 Å². The van der Waals surface area contributed by atoms with E-state index in [1.807, 2.05) is 66.0 Å². The lowest BCUT2D eigenvalue weighted by molar-refractivity contribution is -0.117. The Bertz CT molecular complexity index is 1470. The first kappa shape index (κ1) is 27.9. The minimum Gasteiger partial charge on any atom is -0.368 e. The number of para-hydroxylation sites is 1. The molecule has 0 radical (unpaired) electrons. The summed E-state index contributed by atoms with van der Waals surface area (Å²) in [6, 6.07) is 26.4. The summed E-state index contributed by atoms with van der Waals surface area (Å²) < 4.78 is 13.9. The van der Waals surface area contributed by atoms with Gasteiger partial charge in [-0.05, 0) is 53.4 Å². The lowest BCUT2D eigenvalue weighted by atomic mass is 10.2. The minimum atomic E-state index is -0.468. The summed E-state index contributed by atoms with van der Waals surface area (Å²) in [5.41, 5.74) is 2.71. The molecule has 1 aliphatic heterocycles. The molecule has 1 aliphatic rings. The molecule has 8 nitrogen and oxygen atoms in total. The minimum absolute atomic E-state index is 0.0791. The maximum atomic E-state index is 13.9. The number of thiophene rings is 1. The summed E-state index contributed by atoms with van der Waals surface area (Å²) in [7, 11) is 0. The molecule has 4 amide bonds. The number of nitrogens with zero attached hydrogens (tertiary/aromatic N) is 3. The van der Waals surface area contributed by atoms with E-state index in [-0.39, 0.29) is 30.1 Å². The first-order valence-corrected chi connectivity index (χ1v) is 14.2. The Morgan fingerprint density at radius 3 is 2.20 bits per heavy atom. The van der Waals surface area contributed by atoms with Crippen LogP contribution in [0.3, 0.4) is 0 Å². The zero-order valence-electron chi connectivity index (χ0n) is 22.3. The number of rotatable bonds is 8. The van der Waals surface area contributed by atoms with E-state index in [0.717, 1.165) is 11.3 Å². The third-order valence-electron chi connectivity index (χ3n) is 6.77. The van der Waals surface area contributed by atoms with Gasteiger partial charge in [-0.2, -0.15) is 0 Å². The summed E-state index contributed by atoms with van der Waals surface area (Å²) >= 11 is 1.35. The van der Waals surface area contributed by atoms with Crippen molar-refractivity contribution in [3.8, 4) is 0 Å². The predicted molar refractivity (Wildman–Crippen MR) is 160 cm³/mol. The number of carbonyl (C=O) groups excluding carboxylic acids is 3. The van der Waals surface area contributed by atoms with Crippen LogP contribution in [0.5, 0.6) is 0 Å². The van der Waals surface area contributed by atoms with Gasteiger partial charge in [0, 0.05) is 44.1 Å². The molecule has 1 saturated heterocycles. The Labute approximate surface area is 242 Å². The van der Waals surface area contributed by atoms with Gasteiger partial charge >= 0.3 is 6.03 Å². The Kier molecular flexibility index (Phi) is 8.90. The first-order chi connectivity index (χ1) is 20.0. The highest BCUT2D eigenvalue weighted by atomic mass is 32.1. The van der Waals surface area contributed by atoms with Gasteiger partial charge in [-0.25, -0.2) is 9.18 Å². The smallest absolute Gasteiger partial charge is 0.322 e. The van der Waals surface area contributed by atoms with Crippen LogP contribution in [0.15, 0.2) is 96.4 Å². The molecule has 1 fully saturated rings. The fourth-order valence-corrected chi connectivity index (χ4v) is 5.30. The van der Waals surface area contributed by atoms with Crippen LogP contribution >= 0.6 is 11.3 Å². The zero-order chi connectivity index (χ0) is 28.6. The Morgan fingerprint density at radius 1 is 0.805 bits per heavy atom. The molecule has 210 valence electrons. The summed E-state index contributed by atoms with van der Waals surface area (Å²) in [6.45, 7) is 2.48. The fourth-order valence-electron chi connectivity index (χ4n) is 4.61. The molecular weight excluding hydrogens is 541 g/mol. The van der Waals surface area contributed by atoms with Crippen molar-refractivity contribution < 1.29 is 18.8 Å². The average Bonchev–Trinajstić information content (AvgIpc) is 3.54. The van der Waals surface area contributed by atoms with Gasteiger partial charge in [0.1, 0.15) is 12.4 Å². The quantitative estimate of drug-likeness (QED) is 0.292. The summed E-state index contributed by atoms with van der Waals surface area (Å²) in [5, 5.41) is 7.37. The number of benzene rings is 3. The second kappa shape index (κ2) is 13.1. The second-order valence-electron chi connectivity index (χ2n) is 9.60. The molecule has 2 N–H and O–H groups in total. The Morgan fingerprint density at radius 2 is 1.51 bits per heavy atom. The zero-order valence-corrected chi connectivity index (χ0v) is 23.1. The number of amides is 4. The van der Waals surface area contributed by atoms with Crippen molar-refractivity contribution in [1.29, 1.82) is 0 Å². The highest BCUT2D eigenvalue weighted by Gasteiger charge is 2.23. The van der Waals surface area contributed by atoms with Crippen molar-refractivity contribution in [2.75, 3.05) is 48.3 Å². The second-order valence-corrected chi connectivity index (χ2v) is 10.6. The van der Waals surface area contributed by atoms with E-state index in [2.05, 4.69) is 15.5 Å². The molecule has 0 aliphatic carbocycles. The molecule has 0 bridgehead atoms. The van der Waals surface area contributed by atoms with Crippen LogP contribution < -0.4 is 15.5 Å². The van der Waals surface area contributed by atoms with E-state index in [1.165, 1.54) is 23.5 Å². The molecule has 41 heavy (non-hydrogen) atoms. The topological polar surface area (TPSA) is 85.0 Å². The van der Waals surface area contributed by atoms with E-state index in [9.17, 15) is 18.8 Å². The van der Waals surface area contributed by atoms with Gasteiger partial charge in [0.25, 0.3) is 5.91 Å². The number of halogens is 1. The highest BCUT2D eigenvalue weighted by molar-refractivity contribution is 7.12. The maximum Gasteiger partial charge on any atom is 0.322 e. The van der Waals surface area contributed by atoms with Gasteiger partial charge in [-0.3, -0.25) is 9.59 Å². The molecule has 0 spiro atoms. The van der Waals surface area contributed by atoms with Crippen LogP contribution in [0.2, 0.25) is 0 Å². The van der Waals surface area contributed by atoms with Crippen molar-refractivity contribution in [3.63, 3.8) is 0 Å². The molecule has 0 saturated carbocycles. The van der Waals surface area contributed by atoms with Crippen LogP contribution in [-0.4, -0.2) is 60.4 Å². The summed E-state index contributed by atoms with van der Waals surface area (Å²) in [6.07, 6.45) is 0. The molecule has 0 unspecified atom stereocenters. The Hall–Kier alpha value is -4.70. The van der Waals surface area contributed by atoms with Crippen LogP contribution in [0, 0.1) is 5.82 Å². The summed E-state index contributed by atoms with van der Waals surface area (Å²) in [5.74, 6) is -0.936. The van der Waals surface area contributed by atoms with Crippen LogP contribution in [0.25, 0.3) is 0 Å². The van der Waals surface area contributed by atoms with E-state index in [0.29, 0.717) is 43.3 Å². The number of anilines is 3. The predicted octanol–water partition coefficient (Wildman–Crippen LogP) is 5.52. The number of hydrogen-bond donors (Lipinski definition) is 2. The van der Waals surface area contributed by atoms with Crippen LogP contribution in [-0.2, 0) is 11.3 Å². The fraction of sp³-hybridized carbons (Fsp3) is 0.194. The lowest BCUT2D eigenvalue weighted by Gasteiger charge is -2.36. The number of urea groups is 1. The molecule has 4 aromatic rings. The van der Waals surface area contributed by atoms with Gasteiger partial charge in [0.15, 0.2) is 0 Å². The van der Waals surface area contributed by atoms with E-state index >= 15 is 0 Å². The normalized spacial score (nSPS) is 13.0. The van der Waals surface area contributed by atoms with Crippen LogP contribution in [0.4, 0.5) is 26.2 Å². The number of piperazine rings is 1. The van der Waals surface area contributed by atoms with Crippen molar-refractivity contribution in [2.45, 2.75) is 6.54 Å². The third kappa shape index (κ3) is 7.29. The van der Waals surface area contributed by atoms with Crippen molar-refractivity contribution in [2.24, 2.45) is 0 Å². The molecule has 10 heteroatoms. The standard InChI is InChI=1S/C31H30FN5O3S/c32-26-9-4-5-10-27(26)34-31(40)36-18-16-35(17-19-36)25-14-12-24(13-15-25)33-29(38)22-37(21-23-7-2-1-3-8-23)30(39)28-11-6-20-41-28/h1-15,20H,16-19,21-22H2,(H,33,38)(H,34,40). The average molecular weight is 572 g/mol. The maximum absolute atomic E-state index is 13.9. The number of nitrogens with one attached hydrogen (secondary N) is 2. The molecule has 0 atom stereocenters. The van der Waals surface area contributed by atoms with E-state index < -0.39 is 5.82 Å². The van der Waals surface area contributed by atoms with E-state index in [1.54, 1.807) is 28.0 Å². The number of hydrogen-bond acceptors (Lipinski definition) is 5. The van der Waals surface area contributed by atoms with Crippen molar-refractivity contribution >= 4 is 46.2 Å². The van der Waals surface area contributed by atoms with E-state index in [4.69, 9.17) is 0 Å². The SMILES string of the molecule is O=C(CN(Cc1ccccc1)C(=O)c1cccs1)Nc1ccc(N2CCN(C(=O)Nc3ccccc3F)CC2)cc1. The largest absolute Gasteiger partial charge is 0.368 e. The molecule has 2 heterocycles. The molecule has 1 aromatic heterocycles. The van der Waals surface area contributed by atoms with Crippen molar-refractivity contribution in [3.05, 3.63) is 113 Å². The molecule has 3 aromatic carbocycles. The lowest BCUT2D eigenvalue weighted by Crippen LogP contribution is -2.50. The Balaban J connectivity index is 1.14. The third-order valence-corrected chi connectivity index (χ3v) is 7.63. The van der Waals surface area contributed by atoms with Gasteiger partial charge in [0.2, 0.25) is 5.91 Å². The molecular formula is C31H30FN5O3S. The van der Waals surface area contributed by atoms with Gasteiger partial charge in [-0.15, -0.1) is 11.3 Å². The first-order valence-electron chi connectivity index (χ1n) is 13.3. The van der Waals surface area contributed by atoms with Gasteiger partial charge in [-0.1, -0.05) is 48.5 Å².